The lowest BCUT2D eigenvalue weighted by Gasteiger charge is -2.06. The molecular formula is C12H16N2O. The van der Waals surface area contributed by atoms with E-state index in [1.165, 1.54) is 10.9 Å². The van der Waals surface area contributed by atoms with Crippen LogP contribution in [0.5, 0.6) is 0 Å². The van der Waals surface area contributed by atoms with Crippen LogP contribution < -0.4 is 5.73 Å². The maximum Gasteiger partial charge on any atom is 0.0582 e. The van der Waals surface area contributed by atoms with Gasteiger partial charge in [0.2, 0.25) is 0 Å². The molecule has 3 heteroatoms. The first-order valence-electron chi connectivity index (χ1n) is 5.22. The van der Waals surface area contributed by atoms with Crippen LogP contribution in [0.15, 0.2) is 30.5 Å². The van der Waals surface area contributed by atoms with Gasteiger partial charge in [-0.1, -0.05) is 18.2 Å². The number of aromatic amines is 1. The molecule has 1 aromatic carbocycles. The molecule has 2 rings (SSSR count). The molecule has 0 aliphatic heterocycles. The minimum Gasteiger partial charge on any atom is -0.395 e. The number of aryl methyl sites for hydroxylation is 1. The summed E-state index contributed by atoms with van der Waals surface area (Å²) in [5.74, 6) is 0. The third-order valence-electron chi connectivity index (χ3n) is 2.69. The quantitative estimate of drug-likeness (QED) is 0.705. The van der Waals surface area contributed by atoms with Gasteiger partial charge in [0.1, 0.15) is 0 Å². The van der Waals surface area contributed by atoms with E-state index in [4.69, 9.17) is 10.8 Å². The first kappa shape index (κ1) is 10.2. The number of fused-ring (bicyclic) bond motifs is 1. The molecule has 0 saturated carbocycles. The Morgan fingerprint density at radius 1 is 1.33 bits per heavy atom. The summed E-state index contributed by atoms with van der Waals surface area (Å²) < 4.78 is 0. The number of benzene rings is 1. The molecule has 0 unspecified atom stereocenters. The molecule has 4 N–H and O–H groups in total. The van der Waals surface area contributed by atoms with E-state index in [1.54, 1.807) is 0 Å². The van der Waals surface area contributed by atoms with Crippen molar-refractivity contribution in [2.24, 2.45) is 5.73 Å². The monoisotopic (exact) mass is 204 g/mol. The zero-order valence-electron chi connectivity index (χ0n) is 8.61. The maximum absolute atomic E-state index is 8.84. The Labute approximate surface area is 88.9 Å². The molecule has 1 heterocycles. The van der Waals surface area contributed by atoms with E-state index in [2.05, 4.69) is 17.1 Å². The van der Waals surface area contributed by atoms with Gasteiger partial charge in [0.15, 0.2) is 0 Å². The fourth-order valence-corrected chi connectivity index (χ4v) is 1.77. The molecular weight excluding hydrogens is 188 g/mol. The van der Waals surface area contributed by atoms with Crippen molar-refractivity contribution in [3.63, 3.8) is 0 Å². The molecule has 15 heavy (non-hydrogen) atoms. The molecule has 0 amide bonds. The number of aromatic nitrogens is 1. The molecule has 0 bridgehead atoms. The minimum absolute atomic E-state index is 0.0579. The standard InChI is InChI=1S/C12H16N2O/c13-10(8-15)6-5-9-7-14-12-4-2-1-3-11(9)12/h1-4,7,10,14-15H,5-6,8,13H2/t10-/m0/s1. The van der Waals surface area contributed by atoms with Crippen molar-refractivity contribution in [2.75, 3.05) is 6.61 Å². The van der Waals surface area contributed by atoms with Gasteiger partial charge in [0.25, 0.3) is 0 Å². The van der Waals surface area contributed by atoms with Crippen LogP contribution in [0.3, 0.4) is 0 Å². The molecule has 3 nitrogen and oxygen atoms in total. The Bertz CT molecular complexity index is 436. The zero-order chi connectivity index (χ0) is 10.7. The third kappa shape index (κ3) is 2.19. The van der Waals surface area contributed by atoms with Crippen LogP contribution >= 0.6 is 0 Å². The second-order valence-electron chi connectivity index (χ2n) is 3.84. The number of para-hydroxylation sites is 1. The number of nitrogens with one attached hydrogen (secondary N) is 1. The van der Waals surface area contributed by atoms with Gasteiger partial charge in [0, 0.05) is 23.1 Å². The van der Waals surface area contributed by atoms with Gasteiger partial charge in [-0.15, -0.1) is 0 Å². The van der Waals surface area contributed by atoms with E-state index in [0.717, 1.165) is 18.4 Å². The van der Waals surface area contributed by atoms with Gasteiger partial charge < -0.3 is 15.8 Å². The van der Waals surface area contributed by atoms with Crippen LogP contribution in [0, 0.1) is 0 Å². The number of hydrogen-bond donors (Lipinski definition) is 3. The summed E-state index contributed by atoms with van der Waals surface area (Å²) in [7, 11) is 0. The number of H-pyrrole nitrogens is 1. The predicted octanol–water partition coefficient (Wildman–Crippen LogP) is 1.42. The number of nitrogens with two attached hydrogens (primary N) is 1. The zero-order valence-corrected chi connectivity index (χ0v) is 8.61. The second kappa shape index (κ2) is 4.47. The fraction of sp³-hybridized carbons (Fsp3) is 0.333. The fourth-order valence-electron chi connectivity index (χ4n) is 1.77. The predicted molar refractivity (Wildman–Crippen MR) is 61.7 cm³/mol. The molecule has 0 radical (unpaired) electrons. The summed E-state index contributed by atoms with van der Waals surface area (Å²) in [6.45, 7) is 0.0579. The topological polar surface area (TPSA) is 62.0 Å². The summed E-state index contributed by atoms with van der Waals surface area (Å²) in [5, 5.41) is 10.1. The first-order valence-corrected chi connectivity index (χ1v) is 5.22. The first-order chi connectivity index (χ1) is 7.31. The van der Waals surface area contributed by atoms with E-state index in [-0.39, 0.29) is 12.6 Å². The lowest BCUT2D eigenvalue weighted by Crippen LogP contribution is -2.24. The van der Waals surface area contributed by atoms with E-state index in [9.17, 15) is 0 Å². The Kier molecular flexibility index (Phi) is 3.04. The molecule has 0 spiro atoms. The largest absolute Gasteiger partial charge is 0.395 e. The minimum atomic E-state index is -0.112. The summed E-state index contributed by atoms with van der Waals surface area (Å²) >= 11 is 0. The molecule has 1 atom stereocenters. The normalized spacial score (nSPS) is 13.2. The molecule has 0 aliphatic carbocycles. The van der Waals surface area contributed by atoms with E-state index >= 15 is 0 Å². The van der Waals surface area contributed by atoms with Crippen LogP contribution in [-0.2, 0) is 6.42 Å². The van der Waals surface area contributed by atoms with E-state index < -0.39 is 0 Å². The highest BCUT2D eigenvalue weighted by molar-refractivity contribution is 5.82. The lowest BCUT2D eigenvalue weighted by molar-refractivity contribution is 0.260. The van der Waals surface area contributed by atoms with Crippen LogP contribution in [0.4, 0.5) is 0 Å². The molecule has 1 aromatic heterocycles. The van der Waals surface area contributed by atoms with Crippen LogP contribution in [-0.4, -0.2) is 22.7 Å². The Balaban J connectivity index is 2.14. The SMILES string of the molecule is N[C@H](CO)CCc1c[nH]c2ccccc12. The summed E-state index contributed by atoms with van der Waals surface area (Å²) in [6, 6.07) is 8.10. The van der Waals surface area contributed by atoms with Crippen molar-refractivity contribution in [2.45, 2.75) is 18.9 Å². The Hall–Kier alpha value is -1.32. The van der Waals surface area contributed by atoms with Crippen molar-refractivity contribution >= 4 is 10.9 Å². The van der Waals surface area contributed by atoms with Gasteiger partial charge in [-0.2, -0.15) is 0 Å². The van der Waals surface area contributed by atoms with Crippen molar-refractivity contribution in [1.82, 2.24) is 4.98 Å². The van der Waals surface area contributed by atoms with Crippen molar-refractivity contribution < 1.29 is 5.11 Å². The van der Waals surface area contributed by atoms with Gasteiger partial charge in [0.05, 0.1) is 6.61 Å². The van der Waals surface area contributed by atoms with E-state index in [1.807, 2.05) is 18.3 Å². The van der Waals surface area contributed by atoms with Gasteiger partial charge >= 0.3 is 0 Å². The van der Waals surface area contributed by atoms with Crippen LogP contribution in [0.2, 0.25) is 0 Å². The Morgan fingerprint density at radius 3 is 2.93 bits per heavy atom. The number of aliphatic hydroxyl groups excluding tert-OH is 1. The highest BCUT2D eigenvalue weighted by Gasteiger charge is 2.05. The van der Waals surface area contributed by atoms with Crippen molar-refractivity contribution in [3.05, 3.63) is 36.0 Å². The second-order valence-corrected chi connectivity index (χ2v) is 3.84. The van der Waals surface area contributed by atoms with Crippen LogP contribution in [0.25, 0.3) is 10.9 Å². The molecule has 0 fully saturated rings. The molecule has 0 saturated heterocycles. The number of hydrogen-bond acceptors (Lipinski definition) is 2. The lowest BCUT2D eigenvalue weighted by atomic mass is 10.1. The van der Waals surface area contributed by atoms with Gasteiger partial charge in [-0.05, 0) is 24.5 Å². The molecule has 80 valence electrons. The van der Waals surface area contributed by atoms with Crippen LogP contribution in [0.1, 0.15) is 12.0 Å². The smallest absolute Gasteiger partial charge is 0.0582 e. The molecule has 2 aromatic rings. The summed E-state index contributed by atoms with van der Waals surface area (Å²) in [5.41, 5.74) is 8.10. The summed E-state index contributed by atoms with van der Waals surface area (Å²) in [4.78, 5) is 3.23. The average molecular weight is 204 g/mol. The van der Waals surface area contributed by atoms with Gasteiger partial charge in [-0.3, -0.25) is 0 Å². The van der Waals surface area contributed by atoms with Crippen molar-refractivity contribution in [1.29, 1.82) is 0 Å². The van der Waals surface area contributed by atoms with Crippen molar-refractivity contribution in [3.8, 4) is 0 Å². The number of rotatable bonds is 4. The highest BCUT2D eigenvalue weighted by Crippen LogP contribution is 2.19. The van der Waals surface area contributed by atoms with Gasteiger partial charge in [-0.25, -0.2) is 0 Å². The Morgan fingerprint density at radius 2 is 2.13 bits per heavy atom. The summed E-state index contributed by atoms with van der Waals surface area (Å²) in [6.07, 6.45) is 3.75. The number of aliphatic hydroxyl groups is 1. The molecule has 0 aliphatic rings. The maximum atomic E-state index is 8.84. The van der Waals surface area contributed by atoms with E-state index in [0.29, 0.717) is 0 Å². The third-order valence-corrected chi connectivity index (χ3v) is 2.69. The highest BCUT2D eigenvalue weighted by atomic mass is 16.3. The average Bonchev–Trinajstić information content (AvgIpc) is 2.69.